The summed E-state index contributed by atoms with van der Waals surface area (Å²) in [6.07, 6.45) is 4.93. The quantitative estimate of drug-likeness (QED) is 0.935. The van der Waals surface area contributed by atoms with E-state index in [0.29, 0.717) is 5.91 Å². The first kappa shape index (κ1) is 16.6. The highest BCUT2D eigenvalue weighted by Crippen LogP contribution is 2.37. The first-order valence-corrected chi connectivity index (χ1v) is 9.42. The molecule has 1 aromatic heterocycles. The maximum atomic E-state index is 11.9. The summed E-state index contributed by atoms with van der Waals surface area (Å²) in [6, 6.07) is 4.29. The van der Waals surface area contributed by atoms with Crippen LogP contribution in [0.25, 0.3) is 11.0 Å². The van der Waals surface area contributed by atoms with Crippen LogP contribution in [0.5, 0.6) is 0 Å². The Morgan fingerprint density at radius 1 is 1.20 bits per heavy atom. The molecule has 2 saturated heterocycles. The Morgan fingerprint density at radius 2 is 1.96 bits per heavy atom. The predicted octanol–water partition coefficient (Wildman–Crippen LogP) is 2.81. The largest absolute Gasteiger partial charge is 0.342 e. The van der Waals surface area contributed by atoms with E-state index in [4.69, 9.17) is 4.98 Å². The normalized spacial score (nSPS) is 20.9. The van der Waals surface area contributed by atoms with Crippen molar-refractivity contribution in [3.63, 3.8) is 0 Å². The van der Waals surface area contributed by atoms with Crippen LogP contribution in [-0.2, 0) is 11.2 Å². The van der Waals surface area contributed by atoms with Crippen LogP contribution in [0.4, 0.5) is 0 Å². The number of aryl methyl sites for hydroxylation is 2. The van der Waals surface area contributed by atoms with Gasteiger partial charge < -0.3 is 14.8 Å². The van der Waals surface area contributed by atoms with E-state index in [2.05, 4.69) is 35.9 Å². The Hall–Kier alpha value is -1.88. The van der Waals surface area contributed by atoms with Gasteiger partial charge in [-0.3, -0.25) is 4.79 Å². The number of rotatable bonds is 3. The number of carbonyl (C=O) groups excluding carboxylic acids is 1. The van der Waals surface area contributed by atoms with Gasteiger partial charge in [-0.05, 0) is 50.3 Å². The molecule has 5 nitrogen and oxygen atoms in total. The van der Waals surface area contributed by atoms with E-state index < -0.39 is 0 Å². The number of benzene rings is 1. The van der Waals surface area contributed by atoms with Crippen LogP contribution in [-0.4, -0.2) is 57.9 Å². The molecule has 1 N–H and O–H groups in total. The molecule has 0 atom stereocenters. The minimum absolute atomic E-state index is 0.140. The molecule has 3 heterocycles. The Kier molecular flexibility index (Phi) is 4.07. The molecule has 25 heavy (non-hydrogen) atoms. The summed E-state index contributed by atoms with van der Waals surface area (Å²) in [5.41, 5.74) is 4.96. The average Bonchev–Trinajstić information content (AvgIpc) is 3.16. The fraction of sp³-hybridized carbons (Fsp3) is 0.600. The molecular weight excluding hydrogens is 312 g/mol. The van der Waals surface area contributed by atoms with E-state index in [9.17, 15) is 4.79 Å². The van der Waals surface area contributed by atoms with Crippen LogP contribution in [0.2, 0.25) is 0 Å². The maximum Gasteiger partial charge on any atom is 0.222 e. The van der Waals surface area contributed by atoms with E-state index in [1.165, 1.54) is 11.1 Å². The van der Waals surface area contributed by atoms with Crippen molar-refractivity contribution in [3.05, 3.63) is 29.1 Å². The lowest BCUT2D eigenvalue weighted by atomic mass is 9.85. The second kappa shape index (κ2) is 6.13. The summed E-state index contributed by atoms with van der Waals surface area (Å²) in [5.74, 6) is 1.40. The van der Waals surface area contributed by atoms with E-state index >= 15 is 0 Å². The molecule has 0 aliphatic carbocycles. The van der Waals surface area contributed by atoms with Crippen LogP contribution in [0.15, 0.2) is 12.1 Å². The molecule has 1 aromatic carbocycles. The molecule has 2 aliphatic rings. The van der Waals surface area contributed by atoms with Crippen LogP contribution in [0.1, 0.15) is 42.6 Å². The molecule has 4 rings (SSSR count). The number of hydrogen-bond acceptors (Lipinski definition) is 3. The number of amides is 1. The number of nitrogens with one attached hydrogen (secondary N) is 1. The summed E-state index contributed by atoms with van der Waals surface area (Å²) >= 11 is 0. The second-order valence-electron chi connectivity index (χ2n) is 7.86. The van der Waals surface area contributed by atoms with Gasteiger partial charge in [-0.2, -0.15) is 0 Å². The molecule has 2 aromatic rings. The summed E-state index contributed by atoms with van der Waals surface area (Å²) in [6.45, 7) is 7.47. The molecule has 0 saturated carbocycles. The molecule has 2 aliphatic heterocycles. The Morgan fingerprint density at radius 3 is 2.64 bits per heavy atom. The van der Waals surface area contributed by atoms with Gasteiger partial charge in [0.15, 0.2) is 0 Å². The number of aromatic amines is 1. The van der Waals surface area contributed by atoms with E-state index in [0.717, 1.165) is 68.6 Å². The van der Waals surface area contributed by atoms with Crippen LogP contribution >= 0.6 is 0 Å². The number of piperidine rings is 1. The summed E-state index contributed by atoms with van der Waals surface area (Å²) in [7, 11) is 1.99. The van der Waals surface area contributed by atoms with Gasteiger partial charge in [0.05, 0.1) is 11.0 Å². The van der Waals surface area contributed by atoms with Crippen molar-refractivity contribution in [3.8, 4) is 0 Å². The van der Waals surface area contributed by atoms with Crippen LogP contribution in [0.3, 0.4) is 0 Å². The first-order valence-electron chi connectivity index (χ1n) is 9.42. The monoisotopic (exact) mass is 340 g/mol. The number of aromatic nitrogens is 2. The molecule has 5 heteroatoms. The Balaban J connectivity index is 1.37. The standard InChI is InChI=1S/C20H28N4O/c1-14-4-5-16-19(15(14)2)22-17(21-16)7-11-24-12-9-20(10-13-24)8-6-18(25)23(20)3/h4-5H,6-13H2,1-3H3,(H,21,22). The smallest absolute Gasteiger partial charge is 0.222 e. The van der Waals surface area contributed by atoms with Crippen molar-refractivity contribution in [1.29, 1.82) is 0 Å². The number of nitrogens with zero attached hydrogens (tertiary/aromatic N) is 3. The molecule has 0 bridgehead atoms. The zero-order chi connectivity index (χ0) is 17.6. The van der Waals surface area contributed by atoms with Crippen molar-refractivity contribution >= 4 is 16.9 Å². The highest BCUT2D eigenvalue weighted by molar-refractivity contribution is 5.80. The van der Waals surface area contributed by atoms with Gasteiger partial charge in [0.1, 0.15) is 5.82 Å². The van der Waals surface area contributed by atoms with E-state index in [-0.39, 0.29) is 5.54 Å². The highest BCUT2D eigenvalue weighted by atomic mass is 16.2. The summed E-state index contributed by atoms with van der Waals surface area (Å²) in [5, 5.41) is 0. The number of likely N-dealkylation sites (tertiary alicyclic amines) is 2. The SMILES string of the molecule is Cc1ccc2[nH]c(CCN3CCC4(CCC(=O)N4C)CC3)nc2c1C. The molecule has 2 fully saturated rings. The Bertz CT molecular complexity index is 801. The molecule has 0 unspecified atom stereocenters. The Labute approximate surface area is 149 Å². The lowest BCUT2D eigenvalue weighted by Gasteiger charge is -2.43. The van der Waals surface area contributed by atoms with Crippen molar-refractivity contribution in [2.45, 2.75) is 51.5 Å². The molecule has 0 radical (unpaired) electrons. The number of carbonyl (C=O) groups is 1. The molecular formula is C20H28N4O. The van der Waals surface area contributed by atoms with Gasteiger partial charge >= 0.3 is 0 Å². The lowest BCUT2D eigenvalue weighted by Crippen LogP contribution is -2.51. The molecule has 1 amide bonds. The zero-order valence-electron chi connectivity index (χ0n) is 15.6. The van der Waals surface area contributed by atoms with E-state index in [1.807, 2.05) is 11.9 Å². The maximum absolute atomic E-state index is 11.9. The van der Waals surface area contributed by atoms with E-state index in [1.54, 1.807) is 0 Å². The predicted molar refractivity (Wildman–Crippen MR) is 99.7 cm³/mol. The van der Waals surface area contributed by atoms with Crippen LogP contribution < -0.4 is 0 Å². The topological polar surface area (TPSA) is 52.2 Å². The average molecular weight is 340 g/mol. The summed E-state index contributed by atoms with van der Waals surface area (Å²) in [4.78, 5) is 24.7. The third-order valence-corrected chi connectivity index (χ3v) is 6.57. The third kappa shape index (κ3) is 2.84. The van der Waals surface area contributed by atoms with Crippen LogP contribution in [0, 0.1) is 13.8 Å². The minimum Gasteiger partial charge on any atom is -0.342 e. The number of hydrogen-bond donors (Lipinski definition) is 1. The number of fused-ring (bicyclic) bond motifs is 1. The number of H-pyrrole nitrogens is 1. The summed E-state index contributed by atoms with van der Waals surface area (Å²) < 4.78 is 0. The van der Waals surface area contributed by atoms with Gasteiger partial charge in [0.2, 0.25) is 5.91 Å². The van der Waals surface area contributed by atoms with Gasteiger partial charge in [-0.15, -0.1) is 0 Å². The van der Waals surface area contributed by atoms with Gasteiger partial charge in [0.25, 0.3) is 0 Å². The van der Waals surface area contributed by atoms with Crippen molar-refractivity contribution in [1.82, 2.24) is 19.8 Å². The second-order valence-corrected chi connectivity index (χ2v) is 7.86. The fourth-order valence-corrected chi connectivity index (χ4v) is 4.46. The van der Waals surface area contributed by atoms with Crippen molar-refractivity contribution < 1.29 is 4.79 Å². The van der Waals surface area contributed by atoms with Crippen molar-refractivity contribution in [2.75, 3.05) is 26.7 Å². The lowest BCUT2D eigenvalue weighted by molar-refractivity contribution is -0.130. The third-order valence-electron chi connectivity index (χ3n) is 6.57. The first-order chi connectivity index (χ1) is 12.0. The van der Waals surface area contributed by atoms with Gasteiger partial charge in [0, 0.05) is 45.1 Å². The minimum atomic E-state index is 0.140. The van der Waals surface area contributed by atoms with Gasteiger partial charge in [-0.1, -0.05) is 6.07 Å². The highest BCUT2D eigenvalue weighted by Gasteiger charge is 2.44. The fourth-order valence-electron chi connectivity index (χ4n) is 4.46. The van der Waals surface area contributed by atoms with Crippen molar-refractivity contribution in [2.24, 2.45) is 0 Å². The zero-order valence-corrected chi connectivity index (χ0v) is 15.6. The number of imidazole rings is 1. The molecule has 1 spiro atoms. The molecule has 134 valence electrons. The van der Waals surface area contributed by atoms with Gasteiger partial charge in [-0.25, -0.2) is 4.98 Å².